The maximum absolute atomic E-state index is 13.5. The Morgan fingerprint density at radius 3 is 2.26 bits per heavy atom. The predicted octanol–water partition coefficient (Wildman–Crippen LogP) is 4.18. The molecule has 1 N–H and O–H groups in total. The average Bonchev–Trinajstić information content (AvgIpc) is 3.53. The third kappa shape index (κ3) is 5.63. The fourth-order valence-corrected chi connectivity index (χ4v) is 5.82. The summed E-state index contributed by atoms with van der Waals surface area (Å²) in [7, 11) is 0. The molecule has 5 rings (SSSR count). The minimum absolute atomic E-state index is 0.115. The second-order valence-corrected chi connectivity index (χ2v) is 11.5. The van der Waals surface area contributed by atoms with Crippen molar-refractivity contribution >= 4 is 46.8 Å². The number of likely N-dealkylation sites (tertiary alicyclic amines) is 1. The number of nitrogens with zero attached hydrogens (tertiary/aromatic N) is 5. The Labute approximate surface area is 251 Å². The monoisotopic (exact) mass is 614 g/mol. The molecule has 220 valence electrons. The standard InChI is InChI=1S/C29H29Cl2FN6O4/c1-15-10-19(32)4-5-21(15)16(2)37-14-20(34-35-37)13-33-26(39)18-6-8-36(9-7-18)27(40)17(3)38-28(41)22-11-24(30)25(31)12-23(22)29(38)42/h4-5,10-12,14,16-18H,6-9,13H2,1-3H3,(H,33,39)/t16-,17?/m1/s1. The summed E-state index contributed by atoms with van der Waals surface area (Å²) in [6.45, 7) is 6.10. The Bertz CT molecular complexity index is 1540. The molecule has 2 aromatic carbocycles. The first kappa shape index (κ1) is 29.7. The molecule has 3 aromatic rings. The van der Waals surface area contributed by atoms with Crippen LogP contribution in [0.3, 0.4) is 0 Å². The van der Waals surface area contributed by atoms with Gasteiger partial charge in [0.1, 0.15) is 17.6 Å². The third-order valence-corrected chi connectivity index (χ3v) is 8.68. The van der Waals surface area contributed by atoms with Crippen LogP contribution in [0.1, 0.15) is 70.3 Å². The number of fused-ring (bicyclic) bond motifs is 1. The minimum Gasteiger partial charge on any atom is -0.350 e. The molecule has 0 spiro atoms. The molecule has 1 fully saturated rings. The highest BCUT2D eigenvalue weighted by Gasteiger charge is 2.43. The number of piperidine rings is 1. The Kier molecular flexibility index (Phi) is 8.34. The number of hydrogen-bond acceptors (Lipinski definition) is 6. The van der Waals surface area contributed by atoms with Crippen LogP contribution in [-0.2, 0) is 16.1 Å². The van der Waals surface area contributed by atoms with Gasteiger partial charge in [0.15, 0.2) is 0 Å². The number of benzene rings is 2. The maximum Gasteiger partial charge on any atom is 0.262 e. The van der Waals surface area contributed by atoms with Crippen LogP contribution < -0.4 is 5.32 Å². The Balaban J connectivity index is 1.13. The van der Waals surface area contributed by atoms with E-state index in [9.17, 15) is 23.6 Å². The molecule has 1 aromatic heterocycles. The quantitative estimate of drug-likeness (QED) is 0.399. The highest BCUT2D eigenvalue weighted by molar-refractivity contribution is 6.43. The van der Waals surface area contributed by atoms with Crippen molar-refractivity contribution in [2.24, 2.45) is 5.92 Å². The van der Waals surface area contributed by atoms with Gasteiger partial charge in [0, 0.05) is 19.0 Å². The van der Waals surface area contributed by atoms with Crippen molar-refractivity contribution in [3.63, 3.8) is 0 Å². The summed E-state index contributed by atoms with van der Waals surface area (Å²) >= 11 is 12.0. The van der Waals surface area contributed by atoms with Gasteiger partial charge in [-0.25, -0.2) is 9.07 Å². The number of rotatable bonds is 7. The molecule has 1 saturated heterocycles. The molecular formula is C29H29Cl2FN6O4. The van der Waals surface area contributed by atoms with E-state index in [0.29, 0.717) is 31.6 Å². The van der Waals surface area contributed by atoms with Gasteiger partial charge in [-0.05, 0) is 69.0 Å². The van der Waals surface area contributed by atoms with Gasteiger partial charge in [0.25, 0.3) is 11.8 Å². The number of aromatic nitrogens is 3. The maximum atomic E-state index is 13.5. The smallest absolute Gasteiger partial charge is 0.262 e. The van der Waals surface area contributed by atoms with Crippen LogP contribution >= 0.6 is 23.2 Å². The number of carbonyl (C=O) groups excluding carboxylic acids is 4. The molecule has 2 aliphatic heterocycles. The summed E-state index contributed by atoms with van der Waals surface area (Å²) in [5, 5.41) is 11.5. The molecule has 13 heteroatoms. The van der Waals surface area contributed by atoms with Crippen LogP contribution in [0, 0.1) is 18.7 Å². The van der Waals surface area contributed by atoms with Crippen LogP contribution in [0.25, 0.3) is 0 Å². The van der Waals surface area contributed by atoms with Crippen LogP contribution in [0.15, 0.2) is 36.5 Å². The Hall–Kier alpha value is -3.83. The molecule has 0 aliphatic carbocycles. The van der Waals surface area contributed by atoms with Gasteiger partial charge >= 0.3 is 0 Å². The molecule has 0 bridgehead atoms. The van der Waals surface area contributed by atoms with Gasteiger partial charge in [-0.3, -0.25) is 24.1 Å². The van der Waals surface area contributed by atoms with Gasteiger partial charge in [0.05, 0.1) is 40.0 Å². The fourth-order valence-electron chi connectivity index (χ4n) is 5.50. The second-order valence-electron chi connectivity index (χ2n) is 10.7. The molecule has 42 heavy (non-hydrogen) atoms. The molecule has 4 amide bonds. The zero-order valence-corrected chi connectivity index (χ0v) is 24.7. The largest absolute Gasteiger partial charge is 0.350 e. The summed E-state index contributed by atoms with van der Waals surface area (Å²) in [6.07, 6.45) is 2.62. The molecule has 2 atom stereocenters. The van der Waals surface area contributed by atoms with E-state index in [1.807, 2.05) is 13.8 Å². The lowest BCUT2D eigenvalue weighted by Gasteiger charge is -2.34. The lowest BCUT2D eigenvalue weighted by atomic mass is 9.95. The van der Waals surface area contributed by atoms with Crippen molar-refractivity contribution in [3.8, 4) is 0 Å². The number of nitrogens with one attached hydrogen (secondary N) is 1. The number of halogens is 3. The van der Waals surface area contributed by atoms with Gasteiger partial charge < -0.3 is 10.2 Å². The Morgan fingerprint density at radius 1 is 1.05 bits per heavy atom. The summed E-state index contributed by atoms with van der Waals surface area (Å²) in [4.78, 5) is 54.5. The highest BCUT2D eigenvalue weighted by atomic mass is 35.5. The first-order chi connectivity index (χ1) is 20.0. The number of aryl methyl sites for hydroxylation is 1. The van der Waals surface area contributed by atoms with E-state index in [0.717, 1.165) is 16.0 Å². The van der Waals surface area contributed by atoms with Crippen molar-refractivity contribution in [1.29, 1.82) is 0 Å². The van der Waals surface area contributed by atoms with E-state index in [4.69, 9.17) is 23.2 Å². The van der Waals surface area contributed by atoms with Crippen molar-refractivity contribution in [2.45, 2.75) is 52.2 Å². The molecule has 10 nitrogen and oxygen atoms in total. The normalized spacial score (nSPS) is 16.9. The van der Waals surface area contributed by atoms with Gasteiger partial charge in [-0.2, -0.15) is 0 Å². The van der Waals surface area contributed by atoms with Crippen LogP contribution in [0.5, 0.6) is 0 Å². The lowest BCUT2D eigenvalue weighted by Crippen LogP contribution is -2.52. The first-order valence-electron chi connectivity index (χ1n) is 13.6. The van der Waals surface area contributed by atoms with Crippen molar-refractivity contribution < 1.29 is 23.6 Å². The highest BCUT2D eigenvalue weighted by Crippen LogP contribution is 2.33. The number of hydrogen-bond donors (Lipinski definition) is 1. The number of imide groups is 1. The molecule has 3 heterocycles. The van der Waals surface area contributed by atoms with E-state index in [1.165, 1.54) is 31.2 Å². The molecular weight excluding hydrogens is 586 g/mol. The van der Waals surface area contributed by atoms with Crippen LogP contribution in [-0.4, -0.2) is 67.6 Å². The van der Waals surface area contributed by atoms with E-state index in [1.54, 1.807) is 21.8 Å². The van der Waals surface area contributed by atoms with Gasteiger partial charge in [-0.1, -0.05) is 34.5 Å². The van der Waals surface area contributed by atoms with Crippen molar-refractivity contribution in [2.75, 3.05) is 13.1 Å². The molecule has 2 aliphatic rings. The first-order valence-corrected chi connectivity index (χ1v) is 14.3. The van der Waals surface area contributed by atoms with E-state index in [2.05, 4.69) is 15.6 Å². The van der Waals surface area contributed by atoms with Crippen molar-refractivity contribution in [1.82, 2.24) is 30.1 Å². The average molecular weight is 615 g/mol. The topological polar surface area (TPSA) is 118 Å². The zero-order chi connectivity index (χ0) is 30.3. The van der Waals surface area contributed by atoms with Gasteiger partial charge in [-0.15, -0.1) is 5.10 Å². The summed E-state index contributed by atoms with van der Waals surface area (Å²) in [5.74, 6) is -2.31. The molecule has 0 radical (unpaired) electrons. The SMILES string of the molecule is Cc1cc(F)ccc1[C@@H](C)n1cc(CNC(=O)C2CCN(C(=O)C(C)N3C(=O)c4cc(Cl)c(Cl)cc4C3=O)CC2)nn1. The summed E-state index contributed by atoms with van der Waals surface area (Å²) < 4.78 is 15.1. The van der Waals surface area contributed by atoms with Crippen molar-refractivity contribution in [3.05, 3.63) is 80.3 Å². The van der Waals surface area contributed by atoms with E-state index in [-0.39, 0.29) is 57.3 Å². The lowest BCUT2D eigenvalue weighted by molar-refractivity contribution is -0.138. The predicted molar refractivity (Wildman–Crippen MR) is 153 cm³/mol. The number of amides is 4. The fraction of sp³-hybridized carbons (Fsp3) is 0.379. The minimum atomic E-state index is -1.02. The van der Waals surface area contributed by atoms with Gasteiger partial charge in [0.2, 0.25) is 11.8 Å². The van der Waals surface area contributed by atoms with Crippen LogP contribution in [0.2, 0.25) is 10.0 Å². The Morgan fingerprint density at radius 2 is 1.67 bits per heavy atom. The number of carbonyl (C=O) groups is 4. The molecule has 0 saturated carbocycles. The van der Waals surface area contributed by atoms with E-state index < -0.39 is 17.9 Å². The zero-order valence-electron chi connectivity index (χ0n) is 23.2. The summed E-state index contributed by atoms with van der Waals surface area (Å²) in [6, 6.07) is 6.10. The van der Waals surface area contributed by atoms with E-state index >= 15 is 0 Å². The molecule has 1 unspecified atom stereocenters. The summed E-state index contributed by atoms with van der Waals surface area (Å²) in [5.41, 5.74) is 2.55. The second kappa shape index (κ2) is 11.8. The van der Waals surface area contributed by atoms with Crippen LogP contribution in [0.4, 0.5) is 4.39 Å². The third-order valence-electron chi connectivity index (χ3n) is 7.96.